The first kappa shape index (κ1) is 10.1. The van der Waals surface area contributed by atoms with Crippen LogP contribution in [0.15, 0.2) is 4.52 Å². The quantitative estimate of drug-likeness (QED) is 0.682. The lowest BCUT2D eigenvalue weighted by molar-refractivity contribution is 0.0680. The number of carbonyl (C=O) groups is 1. The van der Waals surface area contributed by atoms with E-state index in [-0.39, 0.29) is 11.9 Å². The van der Waals surface area contributed by atoms with Gasteiger partial charge in [0.2, 0.25) is 5.89 Å². The van der Waals surface area contributed by atoms with Gasteiger partial charge in [0.05, 0.1) is 6.54 Å². The first-order valence-electron chi connectivity index (χ1n) is 4.69. The molecule has 1 saturated heterocycles. The largest absolute Gasteiger partial charge is 0.475 e. The SMILES string of the molecule is NC1CCN(Cc2nc(C(=O)O)no2)C1. The van der Waals surface area contributed by atoms with E-state index in [0.29, 0.717) is 12.4 Å². The number of aromatic carboxylic acids is 1. The third kappa shape index (κ3) is 2.31. The summed E-state index contributed by atoms with van der Waals surface area (Å²) >= 11 is 0. The molecule has 2 rings (SSSR count). The molecule has 1 atom stereocenters. The van der Waals surface area contributed by atoms with E-state index in [4.69, 9.17) is 15.4 Å². The molecule has 1 fully saturated rings. The molecule has 1 unspecified atom stereocenters. The molecule has 0 saturated carbocycles. The Balaban J connectivity index is 1.96. The van der Waals surface area contributed by atoms with Gasteiger partial charge in [-0.3, -0.25) is 4.90 Å². The minimum atomic E-state index is -1.18. The van der Waals surface area contributed by atoms with Gasteiger partial charge in [-0.15, -0.1) is 0 Å². The van der Waals surface area contributed by atoms with Crippen molar-refractivity contribution in [1.82, 2.24) is 15.0 Å². The summed E-state index contributed by atoms with van der Waals surface area (Å²) in [5, 5.41) is 11.9. The van der Waals surface area contributed by atoms with E-state index in [2.05, 4.69) is 15.0 Å². The van der Waals surface area contributed by atoms with Crippen molar-refractivity contribution >= 4 is 5.97 Å². The monoisotopic (exact) mass is 212 g/mol. The van der Waals surface area contributed by atoms with Gasteiger partial charge >= 0.3 is 5.97 Å². The fourth-order valence-electron chi connectivity index (χ4n) is 1.60. The molecular weight excluding hydrogens is 200 g/mol. The smallest absolute Gasteiger partial charge is 0.377 e. The van der Waals surface area contributed by atoms with Crippen LogP contribution >= 0.6 is 0 Å². The molecule has 7 heteroatoms. The summed E-state index contributed by atoms with van der Waals surface area (Å²) in [6, 6.07) is 0.187. The summed E-state index contributed by atoms with van der Waals surface area (Å²) in [6.45, 7) is 2.13. The van der Waals surface area contributed by atoms with E-state index in [1.807, 2.05) is 0 Å². The molecule has 1 aliphatic rings. The van der Waals surface area contributed by atoms with Gasteiger partial charge in [-0.2, -0.15) is 4.98 Å². The zero-order valence-electron chi connectivity index (χ0n) is 8.09. The number of nitrogens with zero attached hydrogens (tertiary/aromatic N) is 3. The highest BCUT2D eigenvalue weighted by Crippen LogP contribution is 2.10. The summed E-state index contributed by atoms with van der Waals surface area (Å²) in [6.07, 6.45) is 0.944. The van der Waals surface area contributed by atoms with E-state index < -0.39 is 5.97 Å². The average Bonchev–Trinajstić information content (AvgIpc) is 2.76. The molecule has 15 heavy (non-hydrogen) atoms. The van der Waals surface area contributed by atoms with Crippen LogP contribution in [0.5, 0.6) is 0 Å². The van der Waals surface area contributed by atoms with Crippen LogP contribution in [0, 0.1) is 0 Å². The molecule has 0 aliphatic carbocycles. The number of carboxylic acid groups (broad SMARTS) is 1. The number of hydrogen-bond acceptors (Lipinski definition) is 6. The zero-order chi connectivity index (χ0) is 10.8. The minimum absolute atomic E-state index is 0.187. The molecule has 2 heterocycles. The highest BCUT2D eigenvalue weighted by molar-refractivity contribution is 5.82. The Hall–Kier alpha value is -1.47. The third-order valence-corrected chi connectivity index (χ3v) is 2.33. The highest BCUT2D eigenvalue weighted by atomic mass is 16.5. The van der Waals surface area contributed by atoms with Crippen molar-refractivity contribution in [3.63, 3.8) is 0 Å². The van der Waals surface area contributed by atoms with Crippen molar-refractivity contribution in [3.8, 4) is 0 Å². The second-order valence-electron chi connectivity index (χ2n) is 3.60. The molecule has 1 aliphatic heterocycles. The molecule has 0 radical (unpaired) electrons. The Kier molecular flexibility index (Phi) is 2.65. The van der Waals surface area contributed by atoms with Gasteiger partial charge in [-0.1, -0.05) is 0 Å². The van der Waals surface area contributed by atoms with Crippen LogP contribution in [0.3, 0.4) is 0 Å². The lowest BCUT2D eigenvalue weighted by atomic mass is 10.3. The summed E-state index contributed by atoms with van der Waals surface area (Å²) in [5.41, 5.74) is 5.73. The fraction of sp³-hybridized carbons (Fsp3) is 0.625. The van der Waals surface area contributed by atoms with Gasteiger partial charge in [-0.05, 0) is 11.6 Å². The molecule has 0 bridgehead atoms. The molecule has 0 amide bonds. The number of rotatable bonds is 3. The van der Waals surface area contributed by atoms with E-state index in [1.54, 1.807) is 0 Å². The zero-order valence-corrected chi connectivity index (χ0v) is 8.09. The first-order valence-corrected chi connectivity index (χ1v) is 4.69. The average molecular weight is 212 g/mol. The number of nitrogens with two attached hydrogens (primary N) is 1. The number of carboxylic acids is 1. The van der Waals surface area contributed by atoms with Gasteiger partial charge in [0.15, 0.2) is 0 Å². The van der Waals surface area contributed by atoms with E-state index in [0.717, 1.165) is 19.5 Å². The Morgan fingerprint density at radius 1 is 1.73 bits per heavy atom. The van der Waals surface area contributed by atoms with Gasteiger partial charge in [0.25, 0.3) is 5.82 Å². The second-order valence-corrected chi connectivity index (χ2v) is 3.60. The molecule has 0 aromatic carbocycles. The maximum absolute atomic E-state index is 10.5. The van der Waals surface area contributed by atoms with Crippen molar-refractivity contribution in [2.75, 3.05) is 13.1 Å². The van der Waals surface area contributed by atoms with E-state index >= 15 is 0 Å². The molecule has 7 nitrogen and oxygen atoms in total. The molecular formula is C8H12N4O3. The maximum atomic E-state index is 10.5. The van der Waals surface area contributed by atoms with Gasteiger partial charge in [-0.25, -0.2) is 4.79 Å². The highest BCUT2D eigenvalue weighted by Gasteiger charge is 2.22. The molecule has 1 aromatic heterocycles. The third-order valence-electron chi connectivity index (χ3n) is 2.33. The minimum Gasteiger partial charge on any atom is -0.475 e. The Morgan fingerprint density at radius 2 is 2.53 bits per heavy atom. The summed E-state index contributed by atoms with van der Waals surface area (Å²) in [5.74, 6) is -1.15. The summed E-state index contributed by atoms with van der Waals surface area (Å²) < 4.78 is 4.80. The molecule has 1 aromatic rings. The van der Waals surface area contributed by atoms with E-state index in [9.17, 15) is 4.79 Å². The Labute approximate surface area is 85.9 Å². The van der Waals surface area contributed by atoms with Crippen molar-refractivity contribution in [2.45, 2.75) is 19.0 Å². The molecule has 0 spiro atoms. The van der Waals surface area contributed by atoms with Crippen LogP contribution in [-0.4, -0.2) is 45.2 Å². The van der Waals surface area contributed by atoms with Crippen LogP contribution in [0.4, 0.5) is 0 Å². The normalized spacial score (nSPS) is 22.1. The maximum Gasteiger partial charge on any atom is 0.377 e. The van der Waals surface area contributed by atoms with Crippen molar-refractivity contribution in [1.29, 1.82) is 0 Å². The fourth-order valence-corrected chi connectivity index (χ4v) is 1.60. The van der Waals surface area contributed by atoms with Gasteiger partial charge in [0.1, 0.15) is 0 Å². The predicted molar refractivity (Wildman–Crippen MR) is 49.1 cm³/mol. The molecule has 3 N–H and O–H groups in total. The number of hydrogen-bond donors (Lipinski definition) is 2. The number of likely N-dealkylation sites (tertiary alicyclic amines) is 1. The predicted octanol–water partition coefficient (Wildman–Crippen LogP) is -0.699. The van der Waals surface area contributed by atoms with Crippen LogP contribution < -0.4 is 5.73 Å². The van der Waals surface area contributed by atoms with E-state index in [1.165, 1.54) is 0 Å². The van der Waals surface area contributed by atoms with Crippen molar-refractivity contribution < 1.29 is 14.4 Å². The Morgan fingerprint density at radius 3 is 3.07 bits per heavy atom. The van der Waals surface area contributed by atoms with Crippen molar-refractivity contribution in [2.24, 2.45) is 5.73 Å². The van der Waals surface area contributed by atoms with Gasteiger partial charge in [0, 0.05) is 19.1 Å². The first-order chi connectivity index (χ1) is 7.15. The summed E-state index contributed by atoms with van der Waals surface area (Å²) in [7, 11) is 0. The lowest BCUT2D eigenvalue weighted by Crippen LogP contribution is -2.26. The molecule has 82 valence electrons. The van der Waals surface area contributed by atoms with Crippen molar-refractivity contribution in [3.05, 3.63) is 11.7 Å². The van der Waals surface area contributed by atoms with Crippen LogP contribution in [-0.2, 0) is 6.54 Å². The van der Waals surface area contributed by atoms with Crippen LogP contribution in [0.25, 0.3) is 0 Å². The van der Waals surface area contributed by atoms with Crippen LogP contribution in [0.2, 0.25) is 0 Å². The number of aromatic nitrogens is 2. The standard InChI is InChI=1S/C8H12N4O3/c9-5-1-2-12(3-5)4-6-10-7(8(13)14)11-15-6/h5H,1-4,9H2,(H,13,14). The van der Waals surface area contributed by atoms with Crippen LogP contribution in [0.1, 0.15) is 22.9 Å². The Bertz CT molecular complexity index is 365. The summed E-state index contributed by atoms with van der Waals surface area (Å²) in [4.78, 5) is 16.3. The lowest BCUT2D eigenvalue weighted by Gasteiger charge is -2.10. The van der Waals surface area contributed by atoms with Gasteiger partial charge < -0.3 is 15.4 Å². The topological polar surface area (TPSA) is 105 Å². The second kappa shape index (κ2) is 3.95.